The summed E-state index contributed by atoms with van der Waals surface area (Å²) in [6.07, 6.45) is 0. The van der Waals surface area contributed by atoms with Gasteiger partial charge >= 0.3 is 7.12 Å². The molecule has 0 unspecified atom stereocenters. The van der Waals surface area contributed by atoms with Crippen molar-refractivity contribution >= 4 is 111 Å². The van der Waals surface area contributed by atoms with Crippen LogP contribution in [0, 0.1) is 0 Å². The molecular weight excluding hydrogens is 798 g/mol. The normalized spacial score (nSPS) is 10.9. The largest absolute Gasteiger partial charge is 0.488 e. The Labute approximate surface area is 345 Å². The van der Waals surface area contributed by atoms with Crippen LogP contribution in [0.5, 0.6) is 0 Å². The van der Waals surface area contributed by atoms with Crippen LogP contribution in [0.1, 0.15) is 0 Å². The van der Waals surface area contributed by atoms with Crippen LogP contribution in [-0.2, 0) is 0 Å². The molecule has 6 aromatic carbocycles. The van der Waals surface area contributed by atoms with E-state index in [2.05, 4.69) is 58.5 Å². The molecule has 10 aromatic rings. The minimum absolute atomic E-state index is 0.292. The molecule has 0 atom stereocenters. The van der Waals surface area contributed by atoms with Gasteiger partial charge in [-0.25, -0.2) is 19.9 Å². The zero-order chi connectivity index (χ0) is 38.6. The predicted molar refractivity (Wildman–Crippen MR) is 237 cm³/mol. The van der Waals surface area contributed by atoms with Crippen LogP contribution in [0.3, 0.4) is 0 Å². The van der Waals surface area contributed by atoms with Crippen molar-refractivity contribution in [1.82, 2.24) is 19.9 Å². The van der Waals surface area contributed by atoms with Gasteiger partial charge in [-0.15, -0.1) is 22.7 Å². The first-order chi connectivity index (χ1) is 27.3. The first kappa shape index (κ1) is 37.7. The summed E-state index contributed by atoms with van der Waals surface area (Å²) in [6, 6.07) is 51.0. The van der Waals surface area contributed by atoms with Gasteiger partial charge in [-0.05, 0) is 65.6 Å². The van der Waals surface area contributed by atoms with Gasteiger partial charge in [-0.2, -0.15) is 0 Å². The number of benzene rings is 6. The van der Waals surface area contributed by atoms with E-state index in [9.17, 15) is 0 Å². The highest BCUT2D eigenvalue weighted by Crippen LogP contribution is 2.40. The number of halogens is 3. The molecule has 12 heteroatoms. The Kier molecular flexibility index (Phi) is 11.4. The summed E-state index contributed by atoms with van der Waals surface area (Å²) < 4.78 is 4.63. The molecule has 0 fully saturated rings. The SMILES string of the molecule is Clc1ccc(-c2nc(-c3ccccc3)c3sc4ccccc4c3n2)cc1.Clc1nc(-c2ccccc2)c2sc3ccccc3c2n1.OB(O)c1ccc(Cl)cc1. The van der Waals surface area contributed by atoms with Crippen molar-refractivity contribution in [2.24, 2.45) is 0 Å². The molecule has 6 nitrogen and oxygen atoms in total. The second kappa shape index (κ2) is 16.9. The number of hydrogen-bond acceptors (Lipinski definition) is 8. The van der Waals surface area contributed by atoms with Gasteiger partial charge in [0.1, 0.15) is 0 Å². The Balaban J connectivity index is 0.000000130. The topological polar surface area (TPSA) is 92.0 Å². The van der Waals surface area contributed by atoms with Gasteiger partial charge in [-0.1, -0.05) is 132 Å². The van der Waals surface area contributed by atoms with Crippen molar-refractivity contribution in [3.05, 3.63) is 173 Å². The number of nitrogens with zero attached hydrogens (tertiary/aromatic N) is 4. The van der Waals surface area contributed by atoms with E-state index >= 15 is 0 Å². The van der Waals surface area contributed by atoms with E-state index in [1.54, 1.807) is 46.9 Å². The highest BCUT2D eigenvalue weighted by molar-refractivity contribution is 7.26. The third-order valence-corrected chi connectivity index (χ3v) is 11.8. The van der Waals surface area contributed by atoms with Crippen molar-refractivity contribution in [3.63, 3.8) is 0 Å². The first-order valence-corrected chi connectivity index (χ1v) is 20.1. The van der Waals surface area contributed by atoms with Gasteiger partial charge in [0.2, 0.25) is 5.28 Å². The standard InChI is InChI=1S/C22H13ClN2S.C16H9ClN2S.C6H6BClO2/c23-16-12-10-15(11-13-16)22-24-19(14-6-2-1-3-7-14)21-20(25-22)17-8-4-5-9-18(17)26-21;17-16-18-13(10-6-2-1-3-7-10)15-14(19-16)11-8-4-5-9-12(11)20-15;8-6-3-1-5(2-4-6)7(9)10/h1-13H;1-9H;1-4,9-10H. The zero-order valence-electron chi connectivity index (χ0n) is 29.2. The summed E-state index contributed by atoms with van der Waals surface area (Å²) in [7, 11) is -1.41. The maximum absolute atomic E-state index is 8.63. The number of aromatic nitrogens is 4. The maximum Gasteiger partial charge on any atom is 0.488 e. The highest BCUT2D eigenvalue weighted by atomic mass is 35.5. The second-order valence-corrected chi connectivity index (χ2v) is 15.8. The molecule has 0 radical (unpaired) electrons. The molecule has 0 spiro atoms. The lowest BCUT2D eigenvalue weighted by Gasteiger charge is -2.07. The van der Waals surface area contributed by atoms with Gasteiger partial charge in [0.25, 0.3) is 0 Å². The molecule has 0 aliphatic carbocycles. The van der Waals surface area contributed by atoms with E-state index in [0.29, 0.717) is 20.8 Å². The van der Waals surface area contributed by atoms with Crippen LogP contribution in [-0.4, -0.2) is 37.1 Å². The summed E-state index contributed by atoms with van der Waals surface area (Å²) in [6.45, 7) is 0. The fourth-order valence-corrected chi connectivity index (χ4v) is 8.83. The molecule has 0 bridgehead atoms. The summed E-state index contributed by atoms with van der Waals surface area (Å²) in [5.41, 5.74) is 7.39. The molecule has 0 amide bonds. The molecule has 0 aliphatic rings. The van der Waals surface area contributed by atoms with Gasteiger partial charge in [0.05, 0.1) is 31.8 Å². The van der Waals surface area contributed by atoms with E-state index in [0.717, 1.165) is 59.7 Å². The van der Waals surface area contributed by atoms with Gasteiger partial charge in [-0.3, -0.25) is 0 Å². The van der Waals surface area contributed by atoms with Crippen LogP contribution in [0.2, 0.25) is 15.3 Å². The van der Waals surface area contributed by atoms with Crippen molar-refractivity contribution in [3.8, 4) is 33.9 Å². The lowest BCUT2D eigenvalue weighted by atomic mass is 9.81. The second-order valence-electron chi connectivity index (χ2n) is 12.5. The summed E-state index contributed by atoms with van der Waals surface area (Å²) in [4.78, 5) is 18.7. The maximum atomic E-state index is 8.63. The van der Waals surface area contributed by atoms with Crippen LogP contribution in [0.4, 0.5) is 0 Å². The monoisotopic (exact) mass is 824 g/mol. The molecule has 4 heterocycles. The van der Waals surface area contributed by atoms with Crippen LogP contribution < -0.4 is 5.46 Å². The highest BCUT2D eigenvalue weighted by Gasteiger charge is 2.17. The van der Waals surface area contributed by atoms with Crippen molar-refractivity contribution in [2.45, 2.75) is 0 Å². The third-order valence-electron chi connectivity index (χ3n) is 8.78. The Hall–Kier alpha value is -5.23. The van der Waals surface area contributed by atoms with Gasteiger partial charge in [0, 0.05) is 46.9 Å². The molecule has 272 valence electrons. The van der Waals surface area contributed by atoms with E-state index in [1.165, 1.54) is 14.8 Å². The van der Waals surface area contributed by atoms with Crippen molar-refractivity contribution < 1.29 is 10.0 Å². The molecule has 0 saturated heterocycles. The molecule has 2 N–H and O–H groups in total. The van der Waals surface area contributed by atoms with Crippen molar-refractivity contribution in [1.29, 1.82) is 0 Å². The van der Waals surface area contributed by atoms with E-state index in [4.69, 9.17) is 54.8 Å². The number of thiophene rings is 2. The Morgan fingerprint density at radius 1 is 0.429 bits per heavy atom. The van der Waals surface area contributed by atoms with Crippen LogP contribution >= 0.6 is 57.5 Å². The average Bonchev–Trinajstić information content (AvgIpc) is 3.80. The van der Waals surface area contributed by atoms with Crippen molar-refractivity contribution in [2.75, 3.05) is 0 Å². The lowest BCUT2D eigenvalue weighted by Crippen LogP contribution is -2.29. The average molecular weight is 826 g/mol. The van der Waals surface area contributed by atoms with E-state index in [1.807, 2.05) is 84.9 Å². The minimum atomic E-state index is -1.41. The molecule has 10 rings (SSSR count). The summed E-state index contributed by atoms with van der Waals surface area (Å²) in [5, 5.41) is 21.1. The van der Waals surface area contributed by atoms with Crippen LogP contribution in [0.25, 0.3) is 74.5 Å². The quantitative estimate of drug-likeness (QED) is 0.136. The zero-order valence-corrected chi connectivity index (χ0v) is 33.1. The molecule has 0 aliphatic heterocycles. The predicted octanol–water partition coefficient (Wildman–Crippen LogP) is 12.0. The third kappa shape index (κ3) is 8.16. The summed E-state index contributed by atoms with van der Waals surface area (Å²) >= 11 is 21.2. The van der Waals surface area contributed by atoms with Gasteiger partial charge < -0.3 is 10.0 Å². The number of fused-ring (bicyclic) bond motifs is 6. The minimum Gasteiger partial charge on any atom is -0.423 e. The Bertz CT molecular complexity index is 2930. The fourth-order valence-electron chi connectivity index (χ4n) is 6.10. The first-order valence-electron chi connectivity index (χ1n) is 17.3. The van der Waals surface area contributed by atoms with E-state index in [-0.39, 0.29) is 0 Å². The number of hydrogen-bond donors (Lipinski definition) is 2. The lowest BCUT2D eigenvalue weighted by molar-refractivity contribution is 0.426. The smallest absolute Gasteiger partial charge is 0.423 e. The van der Waals surface area contributed by atoms with E-state index < -0.39 is 7.12 Å². The van der Waals surface area contributed by atoms with Gasteiger partial charge in [0.15, 0.2) is 5.82 Å². The number of rotatable bonds is 4. The molecular formula is C44H28BCl3N4O2S2. The fraction of sp³-hybridized carbons (Fsp3) is 0. The van der Waals surface area contributed by atoms with Crippen LogP contribution in [0.15, 0.2) is 158 Å². The molecule has 4 aromatic heterocycles. The Morgan fingerprint density at radius 3 is 1.39 bits per heavy atom. The molecule has 56 heavy (non-hydrogen) atoms. The summed E-state index contributed by atoms with van der Waals surface area (Å²) in [5.74, 6) is 0.719. The molecule has 0 saturated carbocycles. The Morgan fingerprint density at radius 2 is 0.875 bits per heavy atom.